The standard InChI is InChI=1S/C5H7O4P/c1-4-5(2)9-10(8-4)7-3-6/h3H,1-2H3. The summed E-state index contributed by atoms with van der Waals surface area (Å²) in [6, 6.07) is 0. The Bertz CT molecular complexity index is 162. The Morgan fingerprint density at radius 1 is 1.40 bits per heavy atom. The summed E-state index contributed by atoms with van der Waals surface area (Å²) in [5.74, 6) is 1.35. The van der Waals surface area contributed by atoms with Crippen molar-refractivity contribution in [1.29, 1.82) is 0 Å². The lowest BCUT2D eigenvalue weighted by molar-refractivity contribution is -0.121. The number of carbonyl (C=O) groups is 1. The van der Waals surface area contributed by atoms with Crippen LogP contribution in [-0.4, -0.2) is 6.47 Å². The smallest absolute Gasteiger partial charge is 0.410 e. The summed E-state index contributed by atoms with van der Waals surface area (Å²) in [6.45, 7) is 3.83. The molecule has 0 unspecified atom stereocenters. The fourth-order valence-electron chi connectivity index (χ4n) is 0.449. The van der Waals surface area contributed by atoms with Gasteiger partial charge in [-0.15, -0.1) is 0 Å². The molecule has 0 atom stereocenters. The molecule has 0 bridgehead atoms. The maximum absolute atomic E-state index is 9.79. The highest BCUT2D eigenvalue weighted by atomic mass is 31.2. The van der Waals surface area contributed by atoms with Crippen molar-refractivity contribution < 1.29 is 18.4 Å². The molecule has 1 heterocycles. The van der Waals surface area contributed by atoms with Crippen LogP contribution < -0.4 is 0 Å². The van der Waals surface area contributed by atoms with Crippen LogP contribution in [0, 0.1) is 0 Å². The van der Waals surface area contributed by atoms with Crippen LogP contribution >= 0.6 is 8.60 Å². The largest absolute Gasteiger partial charge is 0.531 e. The molecule has 1 rings (SSSR count). The number of rotatable bonds is 2. The van der Waals surface area contributed by atoms with Gasteiger partial charge in [-0.25, -0.2) is 0 Å². The van der Waals surface area contributed by atoms with E-state index in [0.717, 1.165) is 0 Å². The van der Waals surface area contributed by atoms with Gasteiger partial charge < -0.3 is 13.6 Å². The molecular formula is C5H7O4P. The molecule has 1 aliphatic rings. The highest BCUT2D eigenvalue weighted by molar-refractivity contribution is 7.42. The molecule has 4 nitrogen and oxygen atoms in total. The van der Waals surface area contributed by atoms with Gasteiger partial charge in [-0.3, -0.25) is 4.79 Å². The molecule has 0 amide bonds. The van der Waals surface area contributed by atoms with E-state index in [1.165, 1.54) is 0 Å². The Labute approximate surface area is 59.8 Å². The van der Waals surface area contributed by atoms with E-state index in [0.29, 0.717) is 18.0 Å². The molecule has 1 aliphatic heterocycles. The molecule has 0 fully saturated rings. The monoisotopic (exact) mass is 162 g/mol. The molecule has 0 saturated heterocycles. The average molecular weight is 162 g/mol. The predicted octanol–water partition coefficient (Wildman–Crippen LogP) is 1.68. The lowest BCUT2D eigenvalue weighted by Gasteiger charge is -2.02. The maximum atomic E-state index is 9.79. The lowest BCUT2D eigenvalue weighted by atomic mass is 10.5. The quantitative estimate of drug-likeness (QED) is 0.457. The van der Waals surface area contributed by atoms with E-state index >= 15 is 0 Å². The maximum Gasteiger partial charge on any atom is 0.531 e. The van der Waals surface area contributed by atoms with E-state index in [-0.39, 0.29) is 0 Å². The Balaban J connectivity index is 2.43. The summed E-state index contributed by atoms with van der Waals surface area (Å²) < 4.78 is 14.4. The Morgan fingerprint density at radius 2 is 1.90 bits per heavy atom. The number of hydrogen-bond donors (Lipinski definition) is 0. The van der Waals surface area contributed by atoms with Crippen LogP contribution in [0.4, 0.5) is 0 Å². The van der Waals surface area contributed by atoms with Crippen LogP contribution in [0.5, 0.6) is 0 Å². The zero-order valence-corrected chi connectivity index (χ0v) is 6.55. The molecule has 0 radical (unpaired) electrons. The van der Waals surface area contributed by atoms with Gasteiger partial charge in [0.25, 0.3) is 0 Å². The summed E-state index contributed by atoms with van der Waals surface area (Å²) in [4.78, 5) is 9.79. The highest BCUT2D eigenvalue weighted by Crippen LogP contribution is 2.49. The van der Waals surface area contributed by atoms with Crippen molar-refractivity contribution in [3.63, 3.8) is 0 Å². The van der Waals surface area contributed by atoms with Crippen LogP contribution in [0.1, 0.15) is 13.8 Å². The van der Waals surface area contributed by atoms with Gasteiger partial charge in [0.2, 0.25) is 0 Å². The van der Waals surface area contributed by atoms with Crippen LogP contribution in [-0.2, 0) is 18.4 Å². The van der Waals surface area contributed by atoms with Gasteiger partial charge in [0.15, 0.2) is 0 Å². The summed E-state index contributed by atoms with van der Waals surface area (Å²) >= 11 is 0. The van der Waals surface area contributed by atoms with Gasteiger partial charge in [0, 0.05) is 0 Å². The van der Waals surface area contributed by atoms with Gasteiger partial charge in [0.05, 0.1) is 0 Å². The predicted molar refractivity (Wildman–Crippen MR) is 34.6 cm³/mol. The second-order valence-electron chi connectivity index (χ2n) is 1.72. The molecule has 0 spiro atoms. The third kappa shape index (κ3) is 1.39. The number of allylic oxidation sites excluding steroid dienone is 2. The van der Waals surface area contributed by atoms with Crippen molar-refractivity contribution in [2.24, 2.45) is 0 Å². The van der Waals surface area contributed by atoms with Crippen molar-refractivity contribution in [2.45, 2.75) is 13.8 Å². The van der Waals surface area contributed by atoms with Gasteiger partial charge in [-0.1, -0.05) is 0 Å². The van der Waals surface area contributed by atoms with Gasteiger partial charge in [-0.2, -0.15) is 0 Å². The summed E-state index contributed by atoms with van der Waals surface area (Å²) in [5, 5.41) is 0. The fourth-order valence-corrected chi connectivity index (χ4v) is 1.35. The van der Waals surface area contributed by atoms with E-state index in [2.05, 4.69) is 4.52 Å². The summed E-state index contributed by atoms with van der Waals surface area (Å²) in [7, 11) is -1.47. The molecule has 0 aromatic rings. The van der Waals surface area contributed by atoms with Gasteiger partial charge >= 0.3 is 15.1 Å². The van der Waals surface area contributed by atoms with Gasteiger partial charge in [0.1, 0.15) is 11.5 Å². The molecule has 10 heavy (non-hydrogen) atoms. The fraction of sp³-hybridized carbons (Fsp3) is 0.400. The van der Waals surface area contributed by atoms with Crippen LogP contribution in [0.2, 0.25) is 0 Å². The first-order valence-corrected chi connectivity index (χ1v) is 3.77. The molecule has 0 aliphatic carbocycles. The number of carbonyl (C=O) groups excluding carboxylic acids is 1. The van der Waals surface area contributed by atoms with E-state index in [9.17, 15) is 4.79 Å². The molecule has 0 saturated carbocycles. The minimum atomic E-state index is -1.47. The van der Waals surface area contributed by atoms with E-state index in [1.807, 2.05) is 0 Å². The molecule has 56 valence electrons. The topological polar surface area (TPSA) is 44.8 Å². The summed E-state index contributed by atoms with van der Waals surface area (Å²) in [5.41, 5.74) is 0. The minimum absolute atomic E-state index is 0.317. The molecule has 0 N–H and O–H groups in total. The Hall–Kier alpha value is -0.760. The van der Waals surface area contributed by atoms with Crippen LogP contribution in [0.15, 0.2) is 11.5 Å². The van der Waals surface area contributed by atoms with E-state index < -0.39 is 8.60 Å². The SMILES string of the molecule is CC1=C(C)OP(OC=O)O1. The minimum Gasteiger partial charge on any atom is -0.410 e. The zero-order valence-electron chi connectivity index (χ0n) is 5.66. The number of hydrogen-bond acceptors (Lipinski definition) is 4. The second-order valence-corrected chi connectivity index (χ2v) is 2.74. The van der Waals surface area contributed by atoms with Crippen LogP contribution in [0.25, 0.3) is 0 Å². The van der Waals surface area contributed by atoms with Crippen molar-refractivity contribution in [3.05, 3.63) is 11.5 Å². The normalized spacial score (nSPS) is 18.2. The first kappa shape index (κ1) is 7.35. The third-order valence-corrected chi connectivity index (χ3v) is 2.15. The molecular weight excluding hydrogens is 155 g/mol. The first-order valence-electron chi connectivity index (χ1n) is 2.68. The van der Waals surface area contributed by atoms with E-state index in [4.69, 9.17) is 9.05 Å². The Kier molecular flexibility index (Phi) is 2.12. The summed E-state index contributed by atoms with van der Waals surface area (Å²) in [6.07, 6.45) is 0. The lowest BCUT2D eigenvalue weighted by Crippen LogP contribution is -1.80. The van der Waals surface area contributed by atoms with E-state index in [1.54, 1.807) is 13.8 Å². The molecule has 0 aromatic carbocycles. The first-order chi connectivity index (χ1) is 4.74. The molecule has 5 heteroatoms. The van der Waals surface area contributed by atoms with Gasteiger partial charge in [-0.05, 0) is 13.8 Å². The van der Waals surface area contributed by atoms with Crippen molar-refractivity contribution >= 4 is 15.1 Å². The van der Waals surface area contributed by atoms with Crippen LogP contribution in [0.3, 0.4) is 0 Å². The second kappa shape index (κ2) is 2.88. The van der Waals surface area contributed by atoms with Crippen molar-refractivity contribution in [1.82, 2.24) is 0 Å². The highest BCUT2D eigenvalue weighted by Gasteiger charge is 2.26. The van der Waals surface area contributed by atoms with Crippen molar-refractivity contribution in [3.8, 4) is 0 Å². The zero-order chi connectivity index (χ0) is 7.56. The Morgan fingerprint density at radius 3 is 2.30 bits per heavy atom. The third-order valence-electron chi connectivity index (χ3n) is 1.05. The molecule has 0 aromatic heterocycles. The average Bonchev–Trinajstić information content (AvgIpc) is 2.14. The van der Waals surface area contributed by atoms with Crippen molar-refractivity contribution in [2.75, 3.05) is 0 Å².